The van der Waals surface area contributed by atoms with E-state index in [2.05, 4.69) is 24.1 Å². The zero-order valence-corrected chi connectivity index (χ0v) is 9.91. The van der Waals surface area contributed by atoms with Gasteiger partial charge >= 0.3 is 0 Å². The fraction of sp³-hybridized carbons (Fsp3) is 1.00. The molecule has 0 spiro atoms. The molecule has 1 rings (SSSR count). The number of nitrogens with zero attached hydrogens (tertiary/aromatic N) is 1. The van der Waals surface area contributed by atoms with Crippen LogP contribution in [0.25, 0.3) is 0 Å². The Balaban J connectivity index is 2.27. The standard InChI is InChI=1S/C11H24N2O2/c1-3-12-6-10(2)7-13-4-5-15-9-11(13)8-14/h10-12,14H,3-9H2,1-2H3. The average molecular weight is 216 g/mol. The molecule has 2 N–H and O–H groups in total. The van der Waals surface area contributed by atoms with Crippen LogP contribution in [-0.2, 0) is 4.74 Å². The van der Waals surface area contributed by atoms with Crippen LogP contribution in [0.2, 0.25) is 0 Å². The van der Waals surface area contributed by atoms with E-state index in [0.717, 1.165) is 32.8 Å². The second-order valence-electron chi connectivity index (χ2n) is 4.32. The van der Waals surface area contributed by atoms with Crippen molar-refractivity contribution in [3.8, 4) is 0 Å². The molecule has 0 saturated carbocycles. The van der Waals surface area contributed by atoms with Crippen LogP contribution in [-0.4, -0.2) is 62.0 Å². The molecule has 0 aromatic heterocycles. The molecule has 1 saturated heterocycles. The predicted molar refractivity (Wildman–Crippen MR) is 61.0 cm³/mol. The Morgan fingerprint density at radius 1 is 1.60 bits per heavy atom. The topological polar surface area (TPSA) is 44.7 Å². The summed E-state index contributed by atoms with van der Waals surface area (Å²) in [5, 5.41) is 12.6. The number of hydrogen-bond donors (Lipinski definition) is 2. The molecule has 0 aromatic carbocycles. The zero-order chi connectivity index (χ0) is 11.1. The second kappa shape index (κ2) is 7.17. The Kier molecular flexibility index (Phi) is 6.17. The lowest BCUT2D eigenvalue weighted by atomic mass is 10.1. The van der Waals surface area contributed by atoms with Crippen molar-refractivity contribution in [1.82, 2.24) is 10.2 Å². The summed E-state index contributed by atoms with van der Waals surface area (Å²) < 4.78 is 5.35. The molecule has 0 amide bonds. The molecule has 0 bridgehead atoms. The third kappa shape index (κ3) is 4.47. The first-order chi connectivity index (χ1) is 7.27. The van der Waals surface area contributed by atoms with Gasteiger partial charge in [-0.25, -0.2) is 0 Å². The summed E-state index contributed by atoms with van der Waals surface area (Å²) in [6.07, 6.45) is 0. The quantitative estimate of drug-likeness (QED) is 0.652. The van der Waals surface area contributed by atoms with Crippen molar-refractivity contribution >= 4 is 0 Å². The lowest BCUT2D eigenvalue weighted by molar-refractivity contribution is -0.0324. The van der Waals surface area contributed by atoms with Crippen LogP contribution in [0.5, 0.6) is 0 Å². The number of ether oxygens (including phenoxy) is 1. The minimum absolute atomic E-state index is 0.197. The van der Waals surface area contributed by atoms with Gasteiger partial charge in [0.05, 0.1) is 25.9 Å². The van der Waals surface area contributed by atoms with Gasteiger partial charge < -0.3 is 15.2 Å². The first-order valence-electron chi connectivity index (χ1n) is 5.91. The lowest BCUT2D eigenvalue weighted by Gasteiger charge is -2.36. The van der Waals surface area contributed by atoms with E-state index >= 15 is 0 Å². The Morgan fingerprint density at radius 3 is 3.07 bits per heavy atom. The molecule has 1 aliphatic rings. The van der Waals surface area contributed by atoms with E-state index in [4.69, 9.17) is 4.74 Å². The van der Waals surface area contributed by atoms with Crippen molar-refractivity contribution < 1.29 is 9.84 Å². The highest BCUT2D eigenvalue weighted by atomic mass is 16.5. The summed E-state index contributed by atoms with van der Waals surface area (Å²) in [6.45, 7) is 10.1. The second-order valence-corrected chi connectivity index (χ2v) is 4.32. The third-order valence-corrected chi connectivity index (χ3v) is 2.85. The van der Waals surface area contributed by atoms with Gasteiger partial charge in [0.15, 0.2) is 0 Å². The van der Waals surface area contributed by atoms with Gasteiger partial charge in [-0.3, -0.25) is 4.90 Å². The van der Waals surface area contributed by atoms with Crippen LogP contribution in [0.4, 0.5) is 0 Å². The van der Waals surface area contributed by atoms with Crippen molar-refractivity contribution in [2.75, 3.05) is 46.0 Å². The molecule has 1 fully saturated rings. The Hall–Kier alpha value is -0.160. The van der Waals surface area contributed by atoms with E-state index < -0.39 is 0 Å². The summed E-state index contributed by atoms with van der Waals surface area (Å²) in [6, 6.07) is 0.197. The van der Waals surface area contributed by atoms with Crippen molar-refractivity contribution in [2.45, 2.75) is 19.9 Å². The van der Waals surface area contributed by atoms with Crippen LogP contribution in [0.15, 0.2) is 0 Å². The predicted octanol–water partition coefficient (Wildman–Crippen LogP) is -0.0749. The molecule has 0 aromatic rings. The van der Waals surface area contributed by atoms with Crippen molar-refractivity contribution in [2.24, 2.45) is 5.92 Å². The molecule has 2 atom stereocenters. The maximum atomic E-state index is 9.21. The van der Waals surface area contributed by atoms with Crippen molar-refractivity contribution in [3.63, 3.8) is 0 Å². The summed E-state index contributed by atoms with van der Waals surface area (Å²) >= 11 is 0. The molecule has 0 aliphatic carbocycles. The van der Waals surface area contributed by atoms with E-state index in [1.807, 2.05) is 0 Å². The molecule has 4 nitrogen and oxygen atoms in total. The van der Waals surface area contributed by atoms with Gasteiger partial charge in [0.1, 0.15) is 0 Å². The van der Waals surface area contributed by atoms with E-state index in [1.54, 1.807) is 0 Å². The molecule has 90 valence electrons. The van der Waals surface area contributed by atoms with Gasteiger partial charge in [-0.15, -0.1) is 0 Å². The van der Waals surface area contributed by atoms with Gasteiger partial charge in [-0.2, -0.15) is 0 Å². The van der Waals surface area contributed by atoms with E-state index in [1.165, 1.54) is 0 Å². The third-order valence-electron chi connectivity index (χ3n) is 2.85. The largest absolute Gasteiger partial charge is 0.395 e. The average Bonchev–Trinajstić information content (AvgIpc) is 2.27. The normalized spacial score (nSPS) is 25.4. The smallest absolute Gasteiger partial charge is 0.0644 e. The molecule has 15 heavy (non-hydrogen) atoms. The minimum atomic E-state index is 0.197. The highest BCUT2D eigenvalue weighted by Gasteiger charge is 2.23. The highest BCUT2D eigenvalue weighted by Crippen LogP contribution is 2.09. The number of rotatable bonds is 6. The van der Waals surface area contributed by atoms with Crippen molar-refractivity contribution in [1.29, 1.82) is 0 Å². The van der Waals surface area contributed by atoms with Crippen LogP contribution < -0.4 is 5.32 Å². The van der Waals surface area contributed by atoms with Crippen LogP contribution >= 0.6 is 0 Å². The Morgan fingerprint density at radius 2 is 2.40 bits per heavy atom. The van der Waals surface area contributed by atoms with E-state index in [0.29, 0.717) is 12.5 Å². The van der Waals surface area contributed by atoms with Gasteiger partial charge in [0.25, 0.3) is 0 Å². The van der Waals surface area contributed by atoms with Gasteiger partial charge in [-0.05, 0) is 19.0 Å². The molecular weight excluding hydrogens is 192 g/mol. The van der Waals surface area contributed by atoms with Gasteiger partial charge in [0, 0.05) is 13.1 Å². The van der Waals surface area contributed by atoms with E-state index in [9.17, 15) is 5.11 Å². The van der Waals surface area contributed by atoms with Gasteiger partial charge in [0.2, 0.25) is 0 Å². The molecule has 1 aliphatic heterocycles. The summed E-state index contributed by atoms with van der Waals surface area (Å²) in [7, 11) is 0. The fourth-order valence-corrected chi connectivity index (χ4v) is 1.95. The summed E-state index contributed by atoms with van der Waals surface area (Å²) in [5.41, 5.74) is 0. The summed E-state index contributed by atoms with van der Waals surface area (Å²) in [5.74, 6) is 0.622. The monoisotopic (exact) mass is 216 g/mol. The SMILES string of the molecule is CCNCC(C)CN1CCOCC1CO. The van der Waals surface area contributed by atoms with Gasteiger partial charge in [-0.1, -0.05) is 13.8 Å². The molecule has 0 radical (unpaired) electrons. The lowest BCUT2D eigenvalue weighted by Crippen LogP contribution is -2.49. The number of hydrogen-bond acceptors (Lipinski definition) is 4. The first-order valence-corrected chi connectivity index (χ1v) is 5.91. The molecule has 1 heterocycles. The molecule has 4 heteroatoms. The molecular formula is C11H24N2O2. The fourth-order valence-electron chi connectivity index (χ4n) is 1.95. The van der Waals surface area contributed by atoms with Crippen LogP contribution in [0, 0.1) is 5.92 Å². The number of aliphatic hydroxyl groups excluding tert-OH is 1. The number of aliphatic hydroxyl groups is 1. The van der Waals surface area contributed by atoms with Crippen molar-refractivity contribution in [3.05, 3.63) is 0 Å². The zero-order valence-electron chi connectivity index (χ0n) is 9.91. The minimum Gasteiger partial charge on any atom is -0.395 e. The molecule has 2 unspecified atom stereocenters. The first kappa shape index (κ1) is 12.9. The number of nitrogens with one attached hydrogen (secondary N) is 1. The van der Waals surface area contributed by atoms with Crippen LogP contribution in [0.3, 0.4) is 0 Å². The Labute approximate surface area is 92.6 Å². The van der Waals surface area contributed by atoms with Crippen LogP contribution in [0.1, 0.15) is 13.8 Å². The summed E-state index contributed by atoms with van der Waals surface area (Å²) in [4.78, 5) is 2.34. The Bertz CT molecular complexity index is 167. The number of morpholine rings is 1. The van der Waals surface area contributed by atoms with E-state index in [-0.39, 0.29) is 12.6 Å². The highest BCUT2D eigenvalue weighted by molar-refractivity contribution is 4.76. The maximum absolute atomic E-state index is 9.21. The maximum Gasteiger partial charge on any atom is 0.0644 e.